The highest BCUT2D eigenvalue weighted by Gasteiger charge is 2.10. The lowest BCUT2D eigenvalue weighted by Gasteiger charge is -2.14. The Morgan fingerprint density at radius 1 is 1.60 bits per heavy atom. The molecule has 1 rings (SSSR count). The number of rotatable bonds is 5. The summed E-state index contributed by atoms with van der Waals surface area (Å²) in [7, 11) is 0. The van der Waals surface area contributed by atoms with E-state index in [1.165, 1.54) is 11.1 Å². The summed E-state index contributed by atoms with van der Waals surface area (Å²) in [5.41, 5.74) is 2.63. The smallest absolute Gasteiger partial charge is 0.0484 e. The SMILES string of the molecule is C=N/C=C(\C=C(\C)CN1CCNC1)CC. The Morgan fingerprint density at radius 3 is 2.93 bits per heavy atom. The van der Waals surface area contributed by atoms with Crippen LogP contribution in [0.15, 0.2) is 28.4 Å². The molecule has 0 radical (unpaired) electrons. The van der Waals surface area contributed by atoms with Crippen LogP contribution < -0.4 is 5.32 Å². The molecule has 0 aromatic carbocycles. The molecule has 1 heterocycles. The first-order chi connectivity index (χ1) is 7.26. The average molecular weight is 207 g/mol. The zero-order valence-electron chi connectivity index (χ0n) is 9.79. The van der Waals surface area contributed by atoms with E-state index in [-0.39, 0.29) is 0 Å². The predicted octanol–water partition coefficient (Wildman–Crippen LogP) is 1.79. The lowest BCUT2D eigenvalue weighted by Crippen LogP contribution is -2.23. The van der Waals surface area contributed by atoms with Gasteiger partial charge in [-0.1, -0.05) is 18.6 Å². The van der Waals surface area contributed by atoms with Crippen LogP contribution in [-0.2, 0) is 0 Å². The van der Waals surface area contributed by atoms with Crippen LogP contribution in [0.3, 0.4) is 0 Å². The van der Waals surface area contributed by atoms with Crippen LogP contribution in [0.25, 0.3) is 0 Å². The molecule has 3 nitrogen and oxygen atoms in total. The highest BCUT2D eigenvalue weighted by molar-refractivity contribution is 5.30. The molecule has 0 spiro atoms. The second kappa shape index (κ2) is 6.53. The van der Waals surface area contributed by atoms with E-state index in [0.717, 1.165) is 32.7 Å². The van der Waals surface area contributed by atoms with Crippen molar-refractivity contribution >= 4 is 6.72 Å². The minimum absolute atomic E-state index is 1.01. The first-order valence-corrected chi connectivity index (χ1v) is 5.51. The summed E-state index contributed by atoms with van der Waals surface area (Å²) >= 11 is 0. The van der Waals surface area contributed by atoms with E-state index in [4.69, 9.17) is 0 Å². The molecule has 0 bridgehead atoms. The summed E-state index contributed by atoms with van der Waals surface area (Å²) in [6, 6.07) is 0. The molecule has 3 heteroatoms. The van der Waals surface area contributed by atoms with Gasteiger partial charge in [-0.15, -0.1) is 0 Å². The van der Waals surface area contributed by atoms with Crippen molar-refractivity contribution in [3.05, 3.63) is 23.4 Å². The second-order valence-corrected chi connectivity index (χ2v) is 3.94. The molecule has 0 aromatic rings. The van der Waals surface area contributed by atoms with Crippen LogP contribution >= 0.6 is 0 Å². The Kier molecular flexibility index (Phi) is 5.29. The Bertz CT molecular complexity index is 260. The largest absolute Gasteiger partial charge is 0.303 e. The molecule has 84 valence electrons. The van der Waals surface area contributed by atoms with Crippen LogP contribution in [0.2, 0.25) is 0 Å². The lowest BCUT2D eigenvalue weighted by molar-refractivity contribution is 0.364. The van der Waals surface area contributed by atoms with Gasteiger partial charge < -0.3 is 5.32 Å². The van der Waals surface area contributed by atoms with Gasteiger partial charge in [-0.2, -0.15) is 0 Å². The van der Waals surface area contributed by atoms with E-state index >= 15 is 0 Å². The summed E-state index contributed by atoms with van der Waals surface area (Å²) in [6.07, 6.45) is 5.06. The molecule has 0 amide bonds. The van der Waals surface area contributed by atoms with Gasteiger partial charge >= 0.3 is 0 Å². The van der Waals surface area contributed by atoms with Gasteiger partial charge in [0.15, 0.2) is 0 Å². The van der Waals surface area contributed by atoms with Crippen LogP contribution in [0.1, 0.15) is 20.3 Å². The van der Waals surface area contributed by atoms with E-state index in [1.54, 1.807) is 0 Å². The van der Waals surface area contributed by atoms with Gasteiger partial charge in [-0.05, 0) is 25.6 Å². The van der Waals surface area contributed by atoms with Crippen molar-refractivity contribution in [3.8, 4) is 0 Å². The van der Waals surface area contributed by atoms with Gasteiger partial charge in [0, 0.05) is 32.5 Å². The van der Waals surface area contributed by atoms with Crippen molar-refractivity contribution in [2.75, 3.05) is 26.3 Å². The minimum Gasteiger partial charge on any atom is -0.303 e. The Hall–Kier alpha value is -0.930. The highest BCUT2D eigenvalue weighted by atomic mass is 15.3. The third-order valence-electron chi connectivity index (χ3n) is 2.51. The number of nitrogens with one attached hydrogen (secondary N) is 1. The molecular formula is C12H21N3. The molecule has 1 aliphatic rings. The normalized spacial score (nSPS) is 19.6. The molecule has 15 heavy (non-hydrogen) atoms. The zero-order valence-corrected chi connectivity index (χ0v) is 9.79. The molecule has 0 saturated carbocycles. The van der Waals surface area contributed by atoms with Crippen molar-refractivity contribution in [1.29, 1.82) is 0 Å². The van der Waals surface area contributed by atoms with Crippen molar-refractivity contribution in [2.45, 2.75) is 20.3 Å². The summed E-state index contributed by atoms with van der Waals surface area (Å²) in [6.45, 7) is 12.1. The first kappa shape index (κ1) is 12.1. The fraction of sp³-hybridized carbons (Fsp3) is 0.583. The van der Waals surface area contributed by atoms with E-state index in [0.29, 0.717) is 0 Å². The number of allylic oxidation sites excluding steroid dienone is 2. The summed E-state index contributed by atoms with van der Waals surface area (Å²) in [4.78, 5) is 6.21. The highest BCUT2D eigenvalue weighted by Crippen LogP contribution is 2.08. The third-order valence-corrected chi connectivity index (χ3v) is 2.51. The molecule has 0 aliphatic carbocycles. The van der Waals surface area contributed by atoms with E-state index in [9.17, 15) is 0 Å². The van der Waals surface area contributed by atoms with Crippen LogP contribution in [0.4, 0.5) is 0 Å². The first-order valence-electron chi connectivity index (χ1n) is 5.51. The molecular weight excluding hydrogens is 186 g/mol. The van der Waals surface area contributed by atoms with Gasteiger partial charge in [-0.3, -0.25) is 9.89 Å². The maximum atomic E-state index is 3.81. The summed E-state index contributed by atoms with van der Waals surface area (Å²) in [5.74, 6) is 0. The van der Waals surface area contributed by atoms with Crippen molar-refractivity contribution in [3.63, 3.8) is 0 Å². The standard InChI is InChI=1S/C12H21N3/c1-4-12(8-13-3)7-11(2)9-15-6-5-14-10-15/h7-8,14H,3-6,9-10H2,1-2H3/b11-7-,12-8-. The van der Waals surface area contributed by atoms with Gasteiger partial charge in [0.25, 0.3) is 0 Å². The summed E-state index contributed by atoms with van der Waals surface area (Å²) < 4.78 is 0. The van der Waals surface area contributed by atoms with Crippen LogP contribution in [0.5, 0.6) is 0 Å². The quantitative estimate of drug-likeness (QED) is 0.550. The maximum absolute atomic E-state index is 3.81. The minimum atomic E-state index is 1.01. The maximum Gasteiger partial charge on any atom is 0.0484 e. The molecule has 1 saturated heterocycles. The lowest BCUT2D eigenvalue weighted by atomic mass is 10.1. The van der Waals surface area contributed by atoms with E-state index in [2.05, 4.69) is 41.9 Å². The number of nitrogens with zero attached hydrogens (tertiary/aromatic N) is 2. The molecule has 0 atom stereocenters. The predicted molar refractivity (Wildman–Crippen MR) is 66.1 cm³/mol. The van der Waals surface area contributed by atoms with Crippen molar-refractivity contribution in [1.82, 2.24) is 10.2 Å². The van der Waals surface area contributed by atoms with E-state index < -0.39 is 0 Å². The van der Waals surface area contributed by atoms with Gasteiger partial charge in [0.2, 0.25) is 0 Å². The summed E-state index contributed by atoms with van der Waals surface area (Å²) in [5, 5.41) is 3.33. The van der Waals surface area contributed by atoms with Crippen LogP contribution in [0, 0.1) is 0 Å². The number of aliphatic imine (C=N–C) groups is 1. The average Bonchev–Trinajstić information content (AvgIpc) is 2.69. The fourth-order valence-corrected chi connectivity index (χ4v) is 1.75. The topological polar surface area (TPSA) is 27.6 Å². The molecule has 0 unspecified atom stereocenters. The van der Waals surface area contributed by atoms with Gasteiger partial charge in [0.1, 0.15) is 0 Å². The Morgan fingerprint density at radius 2 is 2.40 bits per heavy atom. The number of hydrogen-bond acceptors (Lipinski definition) is 3. The monoisotopic (exact) mass is 207 g/mol. The van der Waals surface area contributed by atoms with Gasteiger partial charge in [0.05, 0.1) is 0 Å². The zero-order chi connectivity index (χ0) is 11.1. The Labute approximate surface area is 92.6 Å². The second-order valence-electron chi connectivity index (χ2n) is 3.94. The number of hydrogen-bond donors (Lipinski definition) is 1. The van der Waals surface area contributed by atoms with Crippen molar-refractivity contribution in [2.24, 2.45) is 4.99 Å². The molecule has 0 aromatic heterocycles. The fourth-order valence-electron chi connectivity index (χ4n) is 1.75. The van der Waals surface area contributed by atoms with Crippen molar-refractivity contribution < 1.29 is 0 Å². The molecule has 1 fully saturated rings. The third kappa shape index (κ3) is 4.40. The molecule has 1 aliphatic heterocycles. The van der Waals surface area contributed by atoms with Gasteiger partial charge in [-0.25, -0.2) is 0 Å². The van der Waals surface area contributed by atoms with E-state index in [1.807, 2.05) is 6.20 Å². The van der Waals surface area contributed by atoms with Crippen LogP contribution in [-0.4, -0.2) is 37.9 Å². The molecule has 1 N–H and O–H groups in total. The Balaban J connectivity index is 2.49.